The van der Waals surface area contributed by atoms with Crippen molar-refractivity contribution in [2.24, 2.45) is 0 Å². The predicted octanol–water partition coefficient (Wildman–Crippen LogP) is 2.53. The normalized spacial score (nSPS) is 15.5. The van der Waals surface area contributed by atoms with Crippen LogP contribution in [0.1, 0.15) is 42.6 Å². The predicted molar refractivity (Wildman–Crippen MR) is 65.6 cm³/mol. The zero-order chi connectivity index (χ0) is 11.5. The van der Waals surface area contributed by atoms with Crippen LogP contribution in [-0.4, -0.2) is 11.9 Å². The molecule has 1 aliphatic heterocycles. The van der Waals surface area contributed by atoms with Crippen LogP contribution in [0.4, 0.5) is 5.69 Å². The lowest BCUT2D eigenvalue weighted by atomic mass is 10.1. The maximum atomic E-state index is 11.5. The molecule has 3 nitrogen and oxygen atoms in total. The molecule has 0 spiro atoms. The number of carbonyl (C=O) groups is 1. The van der Waals surface area contributed by atoms with Crippen molar-refractivity contribution in [1.82, 2.24) is 5.32 Å². The van der Waals surface area contributed by atoms with Crippen LogP contribution in [0.5, 0.6) is 0 Å². The van der Waals surface area contributed by atoms with E-state index in [0.29, 0.717) is 12.6 Å². The summed E-state index contributed by atoms with van der Waals surface area (Å²) in [5.41, 5.74) is 2.95. The molecular weight excluding hydrogens is 200 g/mol. The first kappa shape index (κ1) is 11.0. The summed E-state index contributed by atoms with van der Waals surface area (Å²) in [5.74, 6) is 0.0433. The van der Waals surface area contributed by atoms with Crippen molar-refractivity contribution in [3.63, 3.8) is 0 Å². The summed E-state index contributed by atoms with van der Waals surface area (Å²) in [6.07, 6.45) is 2.31. The van der Waals surface area contributed by atoms with Gasteiger partial charge in [-0.3, -0.25) is 4.79 Å². The number of anilines is 1. The molecule has 1 unspecified atom stereocenters. The van der Waals surface area contributed by atoms with Gasteiger partial charge in [-0.05, 0) is 31.0 Å². The molecule has 1 amide bonds. The van der Waals surface area contributed by atoms with E-state index in [1.165, 1.54) is 6.42 Å². The van der Waals surface area contributed by atoms with Crippen LogP contribution in [0.15, 0.2) is 18.2 Å². The Morgan fingerprint density at radius 1 is 1.50 bits per heavy atom. The smallest absolute Gasteiger partial charge is 0.251 e. The van der Waals surface area contributed by atoms with Crippen molar-refractivity contribution >= 4 is 11.6 Å². The molecule has 0 aliphatic carbocycles. The summed E-state index contributed by atoms with van der Waals surface area (Å²) in [6, 6.07) is 6.47. The van der Waals surface area contributed by atoms with Crippen LogP contribution in [-0.2, 0) is 6.54 Å². The molecule has 86 valence electrons. The Bertz CT molecular complexity index is 401. The number of benzene rings is 1. The first-order valence-corrected chi connectivity index (χ1v) is 5.88. The molecule has 0 aromatic heterocycles. The Morgan fingerprint density at radius 2 is 2.31 bits per heavy atom. The molecule has 16 heavy (non-hydrogen) atoms. The molecule has 1 heterocycles. The van der Waals surface area contributed by atoms with E-state index < -0.39 is 0 Å². The van der Waals surface area contributed by atoms with Gasteiger partial charge >= 0.3 is 0 Å². The average molecular weight is 218 g/mol. The maximum absolute atomic E-state index is 11.5. The van der Waals surface area contributed by atoms with Gasteiger partial charge in [0.1, 0.15) is 0 Å². The third-order valence-corrected chi connectivity index (χ3v) is 2.93. The van der Waals surface area contributed by atoms with Crippen molar-refractivity contribution in [2.45, 2.75) is 39.3 Å². The van der Waals surface area contributed by atoms with Crippen LogP contribution in [0.25, 0.3) is 0 Å². The van der Waals surface area contributed by atoms with Crippen molar-refractivity contribution in [2.75, 3.05) is 5.32 Å². The maximum Gasteiger partial charge on any atom is 0.251 e. The monoisotopic (exact) mass is 218 g/mol. The lowest BCUT2D eigenvalue weighted by molar-refractivity contribution is 0.0966. The lowest BCUT2D eigenvalue weighted by Crippen LogP contribution is -2.15. The molecule has 0 radical (unpaired) electrons. The summed E-state index contributed by atoms with van der Waals surface area (Å²) < 4.78 is 0. The van der Waals surface area contributed by atoms with Crippen molar-refractivity contribution in [3.05, 3.63) is 29.3 Å². The molecule has 3 heteroatoms. The van der Waals surface area contributed by atoms with Crippen LogP contribution >= 0.6 is 0 Å². The quantitative estimate of drug-likeness (QED) is 0.815. The number of fused-ring (bicyclic) bond motifs is 1. The van der Waals surface area contributed by atoms with E-state index >= 15 is 0 Å². The Kier molecular flexibility index (Phi) is 3.13. The number of amides is 1. The van der Waals surface area contributed by atoms with Gasteiger partial charge in [-0.2, -0.15) is 0 Å². The van der Waals surface area contributed by atoms with Crippen LogP contribution in [0.3, 0.4) is 0 Å². The van der Waals surface area contributed by atoms with Crippen LogP contribution < -0.4 is 10.6 Å². The van der Waals surface area contributed by atoms with E-state index in [-0.39, 0.29) is 5.91 Å². The van der Waals surface area contributed by atoms with Gasteiger partial charge in [-0.25, -0.2) is 0 Å². The standard InChI is InChI=1S/C13H18N2O/c1-3-4-9(2)15-11-6-5-10-8-14-13(16)12(10)7-11/h5-7,9,15H,3-4,8H2,1-2H3,(H,14,16). The second kappa shape index (κ2) is 4.56. The molecule has 1 aromatic carbocycles. The third-order valence-electron chi connectivity index (χ3n) is 2.93. The number of hydrogen-bond donors (Lipinski definition) is 2. The molecule has 1 aliphatic rings. The van der Waals surface area contributed by atoms with Gasteiger partial charge in [0, 0.05) is 23.8 Å². The molecule has 0 bridgehead atoms. The minimum atomic E-state index is 0.0433. The van der Waals surface area contributed by atoms with Crippen molar-refractivity contribution in [1.29, 1.82) is 0 Å². The second-order valence-corrected chi connectivity index (χ2v) is 4.39. The summed E-state index contributed by atoms with van der Waals surface area (Å²) in [5, 5.41) is 6.24. The van der Waals surface area contributed by atoms with E-state index in [0.717, 1.165) is 23.2 Å². The molecule has 2 rings (SSSR count). The summed E-state index contributed by atoms with van der Waals surface area (Å²) >= 11 is 0. The van der Waals surface area contributed by atoms with Gasteiger partial charge < -0.3 is 10.6 Å². The highest BCUT2D eigenvalue weighted by Crippen LogP contribution is 2.21. The first-order chi connectivity index (χ1) is 7.70. The van der Waals surface area contributed by atoms with Crippen LogP contribution in [0.2, 0.25) is 0 Å². The average Bonchev–Trinajstić information content (AvgIpc) is 2.61. The fraction of sp³-hybridized carbons (Fsp3) is 0.462. The van der Waals surface area contributed by atoms with Crippen LogP contribution in [0, 0.1) is 0 Å². The fourth-order valence-corrected chi connectivity index (χ4v) is 2.09. The highest BCUT2D eigenvalue weighted by Gasteiger charge is 2.18. The van der Waals surface area contributed by atoms with Gasteiger partial charge in [0.25, 0.3) is 5.91 Å². The van der Waals surface area contributed by atoms with E-state index in [1.54, 1.807) is 0 Å². The molecular formula is C13H18N2O. The van der Waals surface area contributed by atoms with E-state index in [9.17, 15) is 4.79 Å². The number of rotatable bonds is 4. The van der Waals surface area contributed by atoms with E-state index in [2.05, 4.69) is 24.5 Å². The van der Waals surface area contributed by atoms with E-state index in [4.69, 9.17) is 0 Å². The largest absolute Gasteiger partial charge is 0.383 e. The highest BCUT2D eigenvalue weighted by atomic mass is 16.1. The number of hydrogen-bond acceptors (Lipinski definition) is 2. The first-order valence-electron chi connectivity index (χ1n) is 5.88. The van der Waals surface area contributed by atoms with Gasteiger partial charge in [-0.1, -0.05) is 19.4 Å². The number of carbonyl (C=O) groups excluding carboxylic acids is 1. The van der Waals surface area contributed by atoms with Gasteiger partial charge in [-0.15, -0.1) is 0 Å². The Morgan fingerprint density at radius 3 is 3.06 bits per heavy atom. The topological polar surface area (TPSA) is 41.1 Å². The summed E-state index contributed by atoms with van der Waals surface area (Å²) in [6.45, 7) is 5.00. The van der Waals surface area contributed by atoms with E-state index in [1.807, 2.05) is 18.2 Å². The molecule has 2 N–H and O–H groups in total. The van der Waals surface area contributed by atoms with Gasteiger partial charge in [0.2, 0.25) is 0 Å². The molecule has 1 aromatic rings. The minimum absolute atomic E-state index is 0.0433. The molecule has 0 saturated heterocycles. The van der Waals surface area contributed by atoms with Gasteiger partial charge in [0.15, 0.2) is 0 Å². The zero-order valence-electron chi connectivity index (χ0n) is 9.84. The molecule has 0 saturated carbocycles. The second-order valence-electron chi connectivity index (χ2n) is 4.39. The fourth-order valence-electron chi connectivity index (χ4n) is 2.09. The van der Waals surface area contributed by atoms with Crippen molar-refractivity contribution in [3.8, 4) is 0 Å². The molecule has 1 atom stereocenters. The SMILES string of the molecule is CCCC(C)Nc1ccc2c(c1)C(=O)NC2. The molecule has 0 fully saturated rings. The number of nitrogens with one attached hydrogen (secondary N) is 2. The zero-order valence-corrected chi connectivity index (χ0v) is 9.84. The summed E-state index contributed by atoms with van der Waals surface area (Å²) in [7, 11) is 0. The summed E-state index contributed by atoms with van der Waals surface area (Å²) in [4.78, 5) is 11.5. The lowest BCUT2D eigenvalue weighted by Gasteiger charge is -2.14. The Labute approximate surface area is 96.2 Å². The highest BCUT2D eigenvalue weighted by molar-refractivity contribution is 5.99. The Hall–Kier alpha value is -1.51. The van der Waals surface area contributed by atoms with Crippen molar-refractivity contribution < 1.29 is 4.79 Å². The minimum Gasteiger partial charge on any atom is -0.383 e. The van der Waals surface area contributed by atoms with Gasteiger partial charge in [0.05, 0.1) is 0 Å². The third kappa shape index (κ3) is 2.18. The Balaban J connectivity index is 2.12.